The minimum Gasteiger partial charge on any atom is -0.496 e. The Hall–Kier alpha value is -3.41. The summed E-state index contributed by atoms with van der Waals surface area (Å²) in [6, 6.07) is 12.6. The van der Waals surface area contributed by atoms with Crippen molar-refractivity contribution in [3.63, 3.8) is 0 Å². The fraction of sp³-hybridized carbons (Fsp3) is 0.429. The molecule has 2 atom stereocenters. The molecule has 11 heteroatoms. The van der Waals surface area contributed by atoms with Gasteiger partial charge in [0, 0.05) is 50.5 Å². The number of carbonyl (C=O) groups is 2. The third-order valence-corrected chi connectivity index (χ3v) is 9.20. The van der Waals surface area contributed by atoms with Crippen LogP contribution in [0, 0.1) is 6.92 Å². The van der Waals surface area contributed by atoms with Gasteiger partial charge in [-0.1, -0.05) is 35.9 Å². The maximum Gasteiger partial charge on any atom is 0.338 e. The van der Waals surface area contributed by atoms with Crippen LogP contribution in [0.2, 0.25) is 0 Å². The fourth-order valence-electron chi connectivity index (χ4n) is 5.11. The minimum atomic E-state index is -3.66. The van der Waals surface area contributed by atoms with Crippen LogP contribution in [0.5, 0.6) is 5.75 Å². The van der Waals surface area contributed by atoms with Gasteiger partial charge in [0.15, 0.2) is 0 Å². The molecule has 0 radical (unpaired) electrons. The van der Waals surface area contributed by atoms with Gasteiger partial charge in [-0.05, 0) is 39.0 Å². The molecule has 1 saturated heterocycles. The summed E-state index contributed by atoms with van der Waals surface area (Å²) in [6.45, 7) is 7.11. The van der Waals surface area contributed by atoms with Gasteiger partial charge in [0.2, 0.25) is 10.0 Å². The largest absolute Gasteiger partial charge is 0.496 e. The number of para-hydroxylation sites is 1. The molecule has 210 valence electrons. The molecule has 1 N–H and O–H groups in total. The molecule has 2 heterocycles. The lowest BCUT2D eigenvalue weighted by Crippen LogP contribution is -2.56. The lowest BCUT2D eigenvalue weighted by molar-refractivity contribution is -0.139. The molecule has 2 unspecified atom stereocenters. The van der Waals surface area contributed by atoms with Crippen molar-refractivity contribution in [1.82, 2.24) is 19.4 Å². The molecular formula is C28H36N4O6S. The zero-order valence-electron chi connectivity index (χ0n) is 23.0. The number of likely N-dealkylation sites (N-methyl/N-ethyl adjacent to an activating group) is 1. The highest BCUT2D eigenvalue weighted by molar-refractivity contribution is 7.89. The Kier molecular flexibility index (Phi) is 8.63. The van der Waals surface area contributed by atoms with E-state index < -0.39 is 22.0 Å². The Labute approximate surface area is 230 Å². The second-order valence-corrected chi connectivity index (χ2v) is 11.7. The topological polar surface area (TPSA) is 108 Å². The first-order valence-electron chi connectivity index (χ1n) is 13.0. The number of aryl methyl sites for hydroxylation is 1. The van der Waals surface area contributed by atoms with Crippen LogP contribution in [0.15, 0.2) is 64.7 Å². The number of carbonyl (C=O) groups excluding carboxylic acids is 2. The number of methoxy groups -OCH3 is 1. The predicted molar refractivity (Wildman–Crippen MR) is 147 cm³/mol. The standard InChI is InChI=1S/C28H36N4O6S/c1-6-38-27(33)25-23(30(4)28(34)29-26(25)22-9-7-8-10-24(22)37-5)18-31-15-16-32(20(3)17-31)39(35,36)21-13-11-19(2)12-14-21/h7-14,20,26H,6,15-18H2,1-5H3,(H,29,34). The summed E-state index contributed by atoms with van der Waals surface area (Å²) in [5.41, 5.74) is 2.47. The number of piperazine rings is 1. The molecule has 2 amide bonds. The molecule has 0 aromatic heterocycles. The molecular weight excluding hydrogens is 520 g/mol. The first-order chi connectivity index (χ1) is 18.6. The molecule has 1 fully saturated rings. The van der Waals surface area contributed by atoms with E-state index in [1.54, 1.807) is 44.3 Å². The van der Waals surface area contributed by atoms with E-state index in [4.69, 9.17) is 9.47 Å². The molecule has 2 aliphatic heterocycles. The summed E-state index contributed by atoms with van der Waals surface area (Å²) in [5.74, 6) is 0.0148. The third-order valence-electron chi connectivity index (χ3n) is 7.17. The van der Waals surface area contributed by atoms with Crippen molar-refractivity contribution < 1.29 is 27.5 Å². The van der Waals surface area contributed by atoms with E-state index in [2.05, 4.69) is 10.2 Å². The van der Waals surface area contributed by atoms with Crippen LogP contribution < -0.4 is 10.1 Å². The smallest absolute Gasteiger partial charge is 0.338 e. The highest BCUT2D eigenvalue weighted by atomic mass is 32.2. The number of hydrogen-bond donors (Lipinski definition) is 1. The monoisotopic (exact) mass is 556 g/mol. The highest BCUT2D eigenvalue weighted by Gasteiger charge is 2.40. The van der Waals surface area contributed by atoms with E-state index in [0.29, 0.717) is 35.7 Å². The minimum absolute atomic E-state index is 0.179. The highest BCUT2D eigenvalue weighted by Crippen LogP contribution is 2.36. The van der Waals surface area contributed by atoms with Gasteiger partial charge in [-0.15, -0.1) is 0 Å². The average molecular weight is 557 g/mol. The van der Waals surface area contributed by atoms with Gasteiger partial charge < -0.3 is 14.8 Å². The molecule has 2 aromatic rings. The second-order valence-electron chi connectivity index (χ2n) is 9.78. The molecule has 0 saturated carbocycles. The molecule has 2 aromatic carbocycles. The summed E-state index contributed by atoms with van der Waals surface area (Å²) in [5, 5.41) is 2.91. The van der Waals surface area contributed by atoms with Crippen LogP contribution in [-0.4, -0.2) is 87.5 Å². The molecule has 0 spiro atoms. The second kappa shape index (κ2) is 11.8. The van der Waals surface area contributed by atoms with Crippen molar-refractivity contribution in [2.75, 3.05) is 46.9 Å². The third kappa shape index (κ3) is 5.80. The van der Waals surface area contributed by atoms with Crippen molar-refractivity contribution in [3.8, 4) is 5.75 Å². The van der Waals surface area contributed by atoms with Gasteiger partial charge in [0.25, 0.3) is 0 Å². The van der Waals surface area contributed by atoms with Gasteiger partial charge in [-0.2, -0.15) is 4.31 Å². The molecule has 10 nitrogen and oxygen atoms in total. The van der Waals surface area contributed by atoms with Crippen LogP contribution in [0.4, 0.5) is 4.79 Å². The van der Waals surface area contributed by atoms with Gasteiger partial charge in [0.1, 0.15) is 5.75 Å². The number of hydrogen-bond acceptors (Lipinski definition) is 7. The molecule has 0 bridgehead atoms. The number of urea groups is 1. The number of amides is 2. The summed E-state index contributed by atoms with van der Waals surface area (Å²) in [4.78, 5) is 30.1. The number of benzene rings is 2. The molecule has 2 aliphatic rings. The lowest BCUT2D eigenvalue weighted by Gasteiger charge is -2.41. The van der Waals surface area contributed by atoms with Crippen LogP contribution >= 0.6 is 0 Å². The van der Waals surface area contributed by atoms with E-state index in [1.807, 2.05) is 32.0 Å². The number of nitrogens with zero attached hydrogens (tertiary/aromatic N) is 3. The Bertz CT molecular complexity index is 1360. The van der Waals surface area contributed by atoms with Gasteiger partial charge >= 0.3 is 12.0 Å². The Balaban J connectivity index is 1.64. The van der Waals surface area contributed by atoms with Crippen molar-refractivity contribution >= 4 is 22.0 Å². The van der Waals surface area contributed by atoms with E-state index in [9.17, 15) is 18.0 Å². The Morgan fingerprint density at radius 1 is 1.10 bits per heavy atom. The number of nitrogens with one attached hydrogen (secondary N) is 1. The van der Waals surface area contributed by atoms with Gasteiger partial charge in [-0.3, -0.25) is 9.80 Å². The van der Waals surface area contributed by atoms with Crippen molar-refractivity contribution in [1.29, 1.82) is 0 Å². The van der Waals surface area contributed by atoms with E-state index in [0.717, 1.165) is 5.56 Å². The quantitative estimate of drug-likeness (QED) is 0.498. The van der Waals surface area contributed by atoms with Crippen molar-refractivity contribution in [3.05, 3.63) is 70.9 Å². The van der Waals surface area contributed by atoms with Crippen LogP contribution in [0.1, 0.15) is 31.0 Å². The SMILES string of the molecule is CCOC(=O)C1=C(CN2CCN(S(=O)(=O)c3ccc(C)cc3)C(C)C2)N(C)C(=O)NC1c1ccccc1OC. The maximum atomic E-state index is 13.3. The van der Waals surface area contributed by atoms with Crippen LogP contribution in [0.3, 0.4) is 0 Å². The Morgan fingerprint density at radius 3 is 2.44 bits per heavy atom. The number of ether oxygens (including phenoxy) is 2. The summed E-state index contributed by atoms with van der Waals surface area (Å²) in [6.07, 6.45) is 0. The Morgan fingerprint density at radius 2 is 1.79 bits per heavy atom. The fourth-order valence-corrected chi connectivity index (χ4v) is 6.72. The number of rotatable bonds is 8. The zero-order chi connectivity index (χ0) is 28.3. The molecule has 0 aliphatic carbocycles. The van der Waals surface area contributed by atoms with Crippen LogP contribution in [-0.2, 0) is 19.6 Å². The summed E-state index contributed by atoms with van der Waals surface area (Å²) >= 11 is 0. The first kappa shape index (κ1) is 28.6. The lowest BCUT2D eigenvalue weighted by atomic mass is 9.93. The number of sulfonamides is 1. The predicted octanol–water partition coefficient (Wildman–Crippen LogP) is 2.91. The average Bonchev–Trinajstić information content (AvgIpc) is 2.91. The zero-order valence-corrected chi connectivity index (χ0v) is 23.8. The first-order valence-corrected chi connectivity index (χ1v) is 14.4. The maximum absolute atomic E-state index is 13.3. The van der Waals surface area contributed by atoms with Gasteiger partial charge in [0.05, 0.1) is 30.2 Å². The van der Waals surface area contributed by atoms with E-state index in [-0.39, 0.29) is 36.7 Å². The molecule has 39 heavy (non-hydrogen) atoms. The summed E-state index contributed by atoms with van der Waals surface area (Å²) < 4.78 is 39.1. The van der Waals surface area contributed by atoms with Crippen molar-refractivity contribution in [2.45, 2.75) is 37.8 Å². The van der Waals surface area contributed by atoms with E-state index in [1.165, 1.54) is 16.3 Å². The normalized spacial score (nSPS) is 21.1. The number of esters is 1. The van der Waals surface area contributed by atoms with Gasteiger partial charge in [-0.25, -0.2) is 18.0 Å². The van der Waals surface area contributed by atoms with Crippen molar-refractivity contribution in [2.24, 2.45) is 0 Å². The summed E-state index contributed by atoms with van der Waals surface area (Å²) in [7, 11) is -0.504. The van der Waals surface area contributed by atoms with Crippen LogP contribution in [0.25, 0.3) is 0 Å². The van der Waals surface area contributed by atoms with E-state index >= 15 is 0 Å². The molecule has 4 rings (SSSR count).